The van der Waals surface area contributed by atoms with E-state index in [4.69, 9.17) is 16.3 Å². The van der Waals surface area contributed by atoms with Gasteiger partial charge in [0.15, 0.2) is 0 Å². The number of carbonyl (C=O) groups is 1. The molecule has 0 saturated carbocycles. The van der Waals surface area contributed by atoms with Gasteiger partial charge >= 0.3 is 6.09 Å². The van der Waals surface area contributed by atoms with E-state index < -0.39 is 5.60 Å². The van der Waals surface area contributed by atoms with Crippen LogP contribution in [-0.4, -0.2) is 35.8 Å². The van der Waals surface area contributed by atoms with Gasteiger partial charge in [0.2, 0.25) is 0 Å². The van der Waals surface area contributed by atoms with Gasteiger partial charge in [-0.1, -0.05) is 11.6 Å². The lowest BCUT2D eigenvalue weighted by molar-refractivity contribution is 0.0497. The van der Waals surface area contributed by atoms with Crippen LogP contribution in [0.15, 0.2) is 18.3 Å². The van der Waals surface area contributed by atoms with Crippen molar-refractivity contribution in [3.05, 3.63) is 23.4 Å². The molecule has 2 heterocycles. The Labute approximate surface area is 130 Å². The number of halogens is 1. The first-order valence-corrected chi connectivity index (χ1v) is 7.58. The Kier molecular flexibility index (Phi) is 4.93. The van der Waals surface area contributed by atoms with E-state index in [1.807, 2.05) is 32.9 Å². The first-order valence-electron chi connectivity index (χ1n) is 7.20. The fourth-order valence-corrected chi connectivity index (χ4v) is 2.56. The van der Waals surface area contributed by atoms with Gasteiger partial charge in [-0.05, 0) is 45.7 Å². The van der Waals surface area contributed by atoms with Crippen molar-refractivity contribution in [2.75, 3.05) is 18.0 Å². The highest BCUT2D eigenvalue weighted by Crippen LogP contribution is 2.25. The monoisotopic (exact) mass is 311 g/mol. The minimum Gasteiger partial charge on any atom is -0.444 e. The van der Waals surface area contributed by atoms with Gasteiger partial charge in [-0.2, -0.15) is 0 Å². The topological polar surface area (TPSA) is 54.5 Å². The van der Waals surface area contributed by atoms with Gasteiger partial charge in [-0.3, -0.25) is 0 Å². The van der Waals surface area contributed by atoms with Crippen molar-refractivity contribution in [1.29, 1.82) is 0 Å². The number of anilines is 1. The smallest absolute Gasteiger partial charge is 0.407 e. The Morgan fingerprint density at radius 3 is 2.67 bits per heavy atom. The second-order valence-corrected chi connectivity index (χ2v) is 6.62. The second-order valence-electron chi connectivity index (χ2n) is 6.22. The molecule has 0 unspecified atom stereocenters. The number of nitrogens with zero attached hydrogens (tertiary/aromatic N) is 2. The molecule has 1 aliphatic rings. The van der Waals surface area contributed by atoms with Gasteiger partial charge < -0.3 is 15.0 Å². The van der Waals surface area contributed by atoms with Crippen molar-refractivity contribution in [3.63, 3.8) is 0 Å². The van der Waals surface area contributed by atoms with Crippen LogP contribution in [0.2, 0.25) is 5.02 Å². The van der Waals surface area contributed by atoms with Gasteiger partial charge in [0, 0.05) is 25.3 Å². The normalized spacial score (nSPS) is 16.7. The molecular weight excluding hydrogens is 290 g/mol. The number of carbonyl (C=O) groups excluding carboxylic acids is 1. The van der Waals surface area contributed by atoms with Crippen molar-refractivity contribution >= 4 is 23.5 Å². The Balaban J connectivity index is 1.84. The van der Waals surface area contributed by atoms with Crippen molar-refractivity contribution in [1.82, 2.24) is 10.3 Å². The molecule has 1 aromatic heterocycles. The van der Waals surface area contributed by atoms with Gasteiger partial charge in [-0.25, -0.2) is 9.78 Å². The number of rotatable bonds is 2. The maximum absolute atomic E-state index is 11.8. The number of ether oxygens (including phenoxy) is 1. The lowest BCUT2D eigenvalue weighted by atomic mass is 10.1. The Morgan fingerprint density at radius 2 is 2.10 bits per heavy atom. The van der Waals surface area contributed by atoms with Crippen molar-refractivity contribution in [2.45, 2.75) is 45.3 Å². The molecule has 1 N–H and O–H groups in total. The molecule has 1 amide bonds. The zero-order chi connectivity index (χ0) is 15.5. The number of hydrogen-bond donors (Lipinski definition) is 1. The summed E-state index contributed by atoms with van der Waals surface area (Å²) in [5.41, 5.74) is -0.466. The fourth-order valence-electron chi connectivity index (χ4n) is 2.32. The van der Waals surface area contributed by atoms with Crippen molar-refractivity contribution in [2.24, 2.45) is 0 Å². The highest BCUT2D eigenvalue weighted by Gasteiger charge is 2.24. The third-order valence-electron chi connectivity index (χ3n) is 3.25. The predicted molar refractivity (Wildman–Crippen MR) is 83.9 cm³/mol. The van der Waals surface area contributed by atoms with E-state index >= 15 is 0 Å². The van der Waals surface area contributed by atoms with Crippen LogP contribution in [0.1, 0.15) is 33.6 Å². The summed E-state index contributed by atoms with van der Waals surface area (Å²) in [5.74, 6) is 0.815. The number of nitrogens with one attached hydrogen (secondary N) is 1. The van der Waals surface area contributed by atoms with Crippen LogP contribution < -0.4 is 10.2 Å². The minimum atomic E-state index is -0.466. The minimum absolute atomic E-state index is 0.138. The molecule has 116 valence electrons. The summed E-state index contributed by atoms with van der Waals surface area (Å²) in [4.78, 5) is 18.2. The van der Waals surface area contributed by atoms with E-state index in [0.29, 0.717) is 5.02 Å². The molecule has 0 atom stereocenters. The van der Waals surface area contributed by atoms with Crippen LogP contribution in [0.3, 0.4) is 0 Å². The molecule has 2 rings (SSSR count). The molecule has 0 bridgehead atoms. The maximum Gasteiger partial charge on any atom is 0.407 e. The number of amides is 1. The van der Waals surface area contributed by atoms with E-state index in [1.54, 1.807) is 6.20 Å². The standard InChI is InChI=1S/C15H22ClN3O2/c1-15(2,3)21-14(20)18-11-6-9-19(10-7-11)13-12(16)5-4-8-17-13/h4-5,8,11H,6-7,9-10H2,1-3H3,(H,18,20). The molecule has 1 saturated heterocycles. The third-order valence-corrected chi connectivity index (χ3v) is 3.55. The fraction of sp³-hybridized carbons (Fsp3) is 0.600. The molecule has 0 radical (unpaired) electrons. The molecule has 6 heteroatoms. The Bertz CT molecular complexity index is 494. The summed E-state index contributed by atoms with van der Waals surface area (Å²) >= 11 is 6.16. The van der Waals surface area contributed by atoms with Gasteiger partial charge in [0.25, 0.3) is 0 Å². The highest BCUT2D eigenvalue weighted by molar-refractivity contribution is 6.32. The molecule has 21 heavy (non-hydrogen) atoms. The molecule has 0 aromatic carbocycles. The van der Waals surface area contributed by atoms with E-state index in [0.717, 1.165) is 31.7 Å². The first kappa shape index (κ1) is 15.9. The summed E-state index contributed by atoms with van der Waals surface area (Å²) in [7, 11) is 0. The summed E-state index contributed by atoms with van der Waals surface area (Å²) < 4.78 is 5.27. The van der Waals surface area contributed by atoms with Crippen molar-refractivity contribution < 1.29 is 9.53 Å². The lowest BCUT2D eigenvalue weighted by Gasteiger charge is -2.33. The highest BCUT2D eigenvalue weighted by atomic mass is 35.5. The maximum atomic E-state index is 11.8. The lowest BCUT2D eigenvalue weighted by Crippen LogP contribution is -2.46. The molecule has 5 nitrogen and oxygen atoms in total. The largest absolute Gasteiger partial charge is 0.444 e. The number of pyridine rings is 1. The second kappa shape index (κ2) is 6.52. The predicted octanol–water partition coefficient (Wildman–Crippen LogP) is 3.23. The first-order chi connectivity index (χ1) is 9.85. The average molecular weight is 312 g/mol. The van der Waals surface area contributed by atoms with Crippen LogP contribution in [0.5, 0.6) is 0 Å². The van der Waals surface area contributed by atoms with E-state index in [1.165, 1.54) is 0 Å². The summed E-state index contributed by atoms with van der Waals surface area (Å²) in [6.45, 7) is 7.21. The molecule has 0 spiro atoms. The average Bonchev–Trinajstić information content (AvgIpc) is 2.38. The molecule has 0 aliphatic carbocycles. The molecular formula is C15H22ClN3O2. The van der Waals surface area contributed by atoms with Crippen LogP contribution >= 0.6 is 11.6 Å². The van der Waals surface area contributed by atoms with Crippen LogP contribution in [-0.2, 0) is 4.74 Å². The van der Waals surface area contributed by atoms with Crippen molar-refractivity contribution in [3.8, 4) is 0 Å². The molecule has 1 aromatic rings. The zero-order valence-corrected chi connectivity index (χ0v) is 13.5. The van der Waals surface area contributed by atoms with Crippen LogP contribution in [0.25, 0.3) is 0 Å². The van der Waals surface area contributed by atoms with Gasteiger partial charge in [-0.15, -0.1) is 0 Å². The summed E-state index contributed by atoms with van der Waals surface area (Å²) in [6, 6.07) is 3.80. The quantitative estimate of drug-likeness (QED) is 0.911. The van der Waals surface area contributed by atoms with Gasteiger partial charge in [0.1, 0.15) is 11.4 Å². The third kappa shape index (κ3) is 4.77. The van der Waals surface area contributed by atoms with E-state index in [9.17, 15) is 4.79 Å². The Morgan fingerprint density at radius 1 is 1.43 bits per heavy atom. The van der Waals surface area contributed by atoms with Crippen LogP contribution in [0, 0.1) is 0 Å². The van der Waals surface area contributed by atoms with Crippen LogP contribution in [0.4, 0.5) is 10.6 Å². The zero-order valence-electron chi connectivity index (χ0n) is 12.7. The van der Waals surface area contributed by atoms with Gasteiger partial charge in [0.05, 0.1) is 5.02 Å². The molecule has 1 aliphatic heterocycles. The summed E-state index contributed by atoms with van der Waals surface area (Å²) in [6.07, 6.45) is 3.10. The number of hydrogen-bond acceptors (Lipinski definition) is 4. The number of aromatic nitrogens is 1. The van der Waals surface area contributed by atoms with E-state index in [2.05, 4.69) is 15.2 Å². The summed E-state index contributed by atoms with van der Waals surface area (Å²) in [5, 5.41) is 3.58. The molecule has 1 fully saturated rings. The SMILES string of the molecule is CC(C)(C)OC(=O)NC1CCN(c2ncccc2Cl)CC1. The Hall–Kier alpha value is -1.49. The number of alkyl carbamates (subject to hydrolysis) is 1. The van der Waals surface area contributed by atoms with E-state index in [-0.39, 0.29) is 12.1 Å². The number of piperidine rings is 1.